The molecule has 3 nitrogen and oxygen atoms in total. The van der Waals surface area contributed by atoms with Gasteiger partial charge in [0.05, 0.1) is 21.7 Å². The van der Waals surface area contributed by atoms with Gasteiger partial charge < -0.3 is 0 Å². The van der Waals surface area contributed by atoms with Gasteiger partial charge in [0.25, 0.3) is 10.0 Å². The van der Waals surface area contributed by atoms with Gasteiger partial charge in [-0.3, -0.25) is 4.72 Å². The third-order valence-electron chi connectivity index (χ3n) is 4.64. The highest BCUT2D eigenvalue weighted by Crippen LogP contribution is 2.38. The van der Waals surface area contributed by atoms with Gasteiger partial charge >= 0.3 is 12.4 Å². The number of nitrogens with one attached hydrogen (secondary N) is 1. The molecule has 2 rings (SSSR count). The van der Waals surface area contributed by atoms with Crippen LogP contribution in [0.4, 0.5) is 32.0 Å². The van der Waals surface area contributed by atoms with Gasteiger partial charge in [-0.1, -0.05) is 32.9 Å². The van der Waals surface area contributed by atoms with Crippen molar-refractivity contribution < 1.29 is 34.8 Å². The first-order valence-electron chi connectivity index (χ1n) is 9.19. The molecule has 0 fully saturated rings. The zero-order valence-electron chi connectivity index (χ0n) is 16.5. The Labute approximate surface area is 171 Å². The molecule has 10 heteroatoms. The van der Waals surface area contributed by atoms with Crippen molar-refractivity contribution in [2.45, 2.75) is 57.3 Å². The van der Waals surface area contributed by atoms with Crippen molar-refractivity contribution in [3.8, 4) is 0 Å². The lowest BCUT2D eigenvalue weighted by Gasteiger charge is -2.19. The Morgan fingerprint density at radius 3 is 1.50 bits per heavy atom. The molecule has 0 atom stereocenters. The first kappa shape index (κ1) is 24.0. The van der Waals surface area contributed by atoms with Crippen LogP contribution in [0.5, 0.6) is 0 Å². The molecule has 2 aromatic carbocycles. The highest BCUT2D eigenvalue weighted by Gasteiger charge is 2.38. The number of hydrogen-bond donors (Lipinski definition) is 1. The van der Waals surface area contributed by atoms with Gasteiger partial charge in [-0.25, -0.2) is 8.42 Å². The van der Waals surface area contributed by atoms with Crippen LogP contribution in [-0.4, -0.2) is 8.42 Å². The maximum absolute atomic E-state index is 13.1. The minimum Gasteiger partial charge on any atom is -0.279 e. The van der Waals surface area contributed by atoms with Crippen molar-refractivity contribution in [3.05, 3.63) is 58.1 Å². The quantitative estimate of drug-likeness (QED) is 0.529. The molecular weight excluding hydrogens is 432 g/mol. The van der Waals surface area contributed by atoms with Crippen molar-refractivity contribution in [1.29, 1.82) is 0 Å². The minimum atomic E-state index is -5.14. The summed E-state index contributed by atoms with van der Waals surface area (Å²) < 4.78 is 106. The maximum Gasteiger partial charge on any atom is 0.416 e. The molecule has 0 saturated carbocycles. The third-order valence-corrected chi connectivity index (χ3v) is 5.97. The number of anilines is 1. The average molecular weight is 453 g/mol. The van der Waals surface area contributed by atoms with Crippen molar-refractivity contribution in [2.75, 3.05) is 4.72 Å². The lowest BCUT2D eigenvalue weighted by atomic mass is 9.98. The van der Waals surface area contributed by atoms with Gasteiger partial charge in [0.2, 0.25) is 0 Å². The van der Waals surface area contributed by atoms with Gasteiger partial charge in [-0.15, -0.1) is 0 Å². The summed E-state index contributed by atoms with van der Waals surface area (Å²) in [4.78, 5) is -1.10. The fourth-order valence-corrected chi connectivity index (χ4v) is 4.22. The fourth-order valence-electron chi connectivity index (χ4n) is 3.01. The number of halogens is 6. The molecule has 30 heavy (non-hydrogen) atoms. The smallest absolute Gasteiger partial charge is 0.279 e. The van der Waals surface area contributed by atoms with Crippen LogP contribution < -0.4 is 4.72 Å². The zero-order valence-corrected chi connectivity index (χ0v) is 17.3. The first-order valence-corrected chi connectivity index (χ1v) is 10.7. The molecule has 0 aliphatic carbocycles. The highest BCUT2D eigenvalue weighted by molar-refractivity contribution is 7.92. The van der Waals surface area contributed by atoms with Gasteiger partial charge in [-0.05, 0) is 54.2 Å². The summed E-state index contributed by atoms with van der Waals surface area (Å²) in [6.07, 6.45) is -8.74. The minimum absolute atomic E-state index is 0.107. The standard InChI is InChI=1S/C20H21F6NO2S/c1-4-12-7-13(5-2)18(14(6-3)8-12)27-30(28,29)17-10-15(19(21,22)23)9-16(11-17)20(24,25)26/h7-11,27H,4-6H2,1-3H3. The molecular formula is C20H21F6NO2S. The van der Waals surface area contributed by atoms with Gasteiger partial charge in [0, 0.05) is 0 Å². The van der Waals surface area contributed by atoms with E-state index in [-0.39, 0.29) is 23.9 Å². The Bertz CT molecular complexity index is 969. The van der Waals surface area contributed by atoms with Gasteiger partial charge in [-0.2, -0.15) is 26.3 Å². The highest BCUT2D eigenvalue weighted by atomic mass is 32.2. The Kier molecular flexibility index (Phi) is 6.80. The predicted molar refractivity (Wildman–Crippen MR) is 102 cm³/mol. The molecule has 0 bridgehead atoms. The maximum atomic E-state index is 13.1. The van der Waals surface area contributed by atoms with E-state index in [1.54, 1.807) is 26.0 Å². The Balaban J connectivity index is 2.66. The van der Waals surface area contributed by atoms with Crippen LogP contribution >= 0.6 is 0 Å². The molecule has 0 saturated heterocycles. The summed E-state index contributed by atoms with van der Waals surface area (Å²) in [5.74, 6) is 0. The SMILES string of the molecule is CCc1cc(CC)c(NS(=O)(=O)c2cc(C(F)(F)F)cc(C(F)(F)F)c2)c(CC)c1. The fraction of sp³-hybridized carbons (Fsp3) is 0.400. The van der Waals surface area contributed by atoms with E-state index in [9.17, 15) is 34.8 Å². The van der Waals surface area contributed by atoms with Crippen LogP contribution in [0.1, 0.15) is 48.6 Å². The molecule has 1 N–H and O–H groups in total. The molecule has 0 radical (unpaired) electrons. The normalized spacial score (nSPS) is 12.8. The van der Waals surface area contributed by atoms with E-state index in [0.717, 1.165) is 5.56 Å². The summed E-state index contributed by atoms with van der Waals surface area (Å²) in [5.41, 5.74) is -1.03. The molecule has 166 valence electrons. The van der Waals surface area contributed by atoms with Crippen LogP contribution in [0, 0.1) is 0 Å². The summed E-state index contributed by atoms with van der Waals surface area (Å²) in [6.45, 7) is 5.47. The van der Waals surface area contributed by atoms with Crippen molar-refractivity contribution >= 4 is 15.7 Å². The van der Waals surface area contributed by atoms with Crippen molar-refractivity contribution in [3.63, 3.8) is 0 Å². The second kappa shape index (κ2) is 8.49. The Hall–Kier alpha value is -2.23. The molecule has 0 heterocycles. The molecule has 0 spiro atoms. The average Bonchev–Trinajstić information content (AvgIpc) is 2.66. The Morgan fingerprint density at radius 2 is 1.17 bits per heavy atom. The van der Waals surface area contributed by atoms with Crippen molar-refractivity contribution in [1.82, 2.24) is 0 Å². The van der Waals surface area contributed by atoms with Crippen LogP contribution in [-0.2, 0) is 41.6 Å². The monoisotopic (exact) mass is 453 g/mol. The van der Waals surface area contributed by atoms with Crippen LogP contribution in [0.15, 0.2) is 35.2 Å². The molecule has 0 amide bonds. The lowest BCUT2D eigenvalue weighted by molar-refractivity contribution is -0.143. The van der Waals surface area contributed by atoms with E-state index in [2.05, 4.69) is 4.72 Å². The molecule has 0 aliphatic heterocycles. The summed E-state index contributed by atoms with van der Waals surface area (Å²) >= 11 is 0. The zero-order chi connectivity index (χ0) is 22.9. The molecule has 0 aliphatic rings. The number of rotatable bonds is 6. The van der Waals surface area contributed by atoms with E-state index < -0.39 is 38.4 Å². The number of sulfonamides is 1. The van der Waals surface area contributed by atoms with E-state index in [4.69, 9.17) is 0 Å². The van der Waals surface area contributed by atoms with Gasteiger partial charge in [0.15, 0.2) is 0 Å². The molecule has 0 unspecified atom stereocenters. The van der Waals surface area contributed by atoms with E-state index in [1.807, 2.05) is 6.92 Å². The molecule has 2 aromatic rings. The number of hydrogen-bond acceptors (Lipinski definition) is 2. The van der Waals surface area contributed by atoms with Gasteiger partial charge in [0.1, 0.15) is 0 Å². The second-order valence-corrected chi connectivity index (χ2v) is 8.38. The summed E-state index contributed by atoms with van der Waals surface area (Å²) in [7, 11) is -4.71. The van der Waals surface area contributed by atoms with E-state index in [0.29, 0.717) is 30.4 Å². The van der Waals surface area contributed by atoms with Crippen LogP contribution in [0.2, 0.25) is 0 Å². The lowest BCUT2D eigenvalue weighted by Crippen LogP contribution is -2.19. The largest absolute Gasteiger partial charge is 0.416 e. The van der Waals surface area contributed by atoms with E-state index in [1.165, 1.54) is 0 Å². The predicted octanol–water partition coefficient (Wildman–Crippen LogP) is 6.21. The molecule has 0 aromatic heterocycles. The van der Waals surface area contributed by atoms with E-state index >= 15 is 0 Å². The second-order valence-electron chi connectivity index (χ2n) is 6.70. The summed E-state index contributed by atoms with van der Waals surface area (Å²) in [5, 5.41) is 0. The van der Waals surface area contributed by atoms with Crippen molar-refractivity contribution in [2.24, 2.45) is 0 Å². The Morgan fingerprint density at radius 1 is 0.733 bits per heavy atom. The van der Waals surface area contributed by atoms with Crippen LogP contribution in [0.3, 0.4) is 0 Å². The topological polar surface area (TPSA) is 46.2 Å². The third kappa shape index (κ3) is 5.27. The first-order chi connectivity index (χ1) is 13.7. The number of alkyl halides is 6. The summed E-state index contributed by atoms with van der Waals surface area (Å²) in [6, 6.07) is 3.84. The van der Waals surface area contributed by atoms with Crippen LogP contribution in [0.25, 0.3) is 0 Å². The number of benzene rings is 2. The number of aryl methyl sites for hydroxylation is 3.